The van der Waals surface area contributed by atoms with Crippen LogP contribution >= 0.6 is 0 Å². The van der Waals surface area contributed by atoms with Gasteiger partial charge in [0.05, 0.1) is 11.4 Å². The van der Waals surface area contributed by atoms with E-state index in [1.54, 1.807) is 37.4 Å². The molecule has 0 atom stereocenters. The van der Waals surface area contributed by atoms with Gasteiger partial charge in [0.15, 0.2) is 0 Å². The van der Waals surface area contributed by atoms with Crippen LogP contribution in [0.3, 0.4) is 0 Å². The number of amides is 1. The maximum atomic E-state index is 12.8. The van der Waals surface area contributed by atoms with Crippen LogP contribution in [0.1, 0.15) is 10.4 Å². The summed E-state index contributed by atoms with van der Waals surface area (Å²) >= 11 is 0. The maximum Gasteiger partial charge on any atom is 0.251 e. The Morgan fingerprint density at radius 2 is 1.84 bits per heavy atom. The fourth-order valence-electron chi connectivity index (χ4n) is 1.64. The molecule has 0 fully saturated rings. The lowest BCUT2D eigenvalue weighted by Crippen LogP contribution is -2.17. The van der Waals surface area contributed by atoms with E-state index in [0.29, 0.717) is 22.6 Å². The number of anilines is 3. The first-order valence-corrected chi connectivity index (χ1v) is 5.74. The number of nitrogens with two attached hydrogens (primary N) is 1. The Labute approximate surface area is 110 Å². The summed E-state index contributed by atoms with van der Waals surface area (Å²) in [6.07, 6.45) is 0. The molecule has 2 rings (SSSR count). The predicted molar refractivity (Wildman–Crippen MR) is 73.9 cm³/mol. The zero-order valence-electron chi connectivity index (χ0n) is 10.4. The molecule has 0 aliphatic carbocycles. The van der Waals surface area contributed by atoms with Crippen LogP contribution in [0.25, 0.3) is 0 Å². The molecule has 2 aromatic carbocycles. The SMILES string of the molecule is CNC(=O)c1ccc(N)c(Nc2ccc(F)cc2)c1. The highest BCUT2D eigenvalue weighted by molar-refractivity contribution is 5.96. The molecule has 4 N–H and O–H groups in total. The second-order valence-electron chi connectivity index (χ2n) is 4.01. The summed E-state index contributed by atoms with van der Waals surface area (Å²) in [5, 5.41) is 5.59. The number of halogens is 1. The van der Waals surface area contributed by atoms with Gasteiger partial charge in [-0.05, 0) is 42.5 Å². The van der Waals surface area contributed by atoms with Gasteiger partial charge in [-0.25, -0.2) is 4.39 Å². The lowest BCUT2D eigenvalue weighted by atomic mass is 10.1. The first kappa shape index (κ1) is 12.9. The van der Waals surface area contributed by atoms with Gasteiger partial charge in [-0.2, -0.15) is 0 Å². The molecule has 0 aliphatic rings. The van der Waals surface area contributed by atoms with E-state index < -0.39 is 0 Å². The number of carbonyl (C=O) groups excluding carboxylic acids is 1. The third-order valence-corrected chi connectivity index (χ3v) is 2.67. The van der Waals surface area contributed by atoms with Crippen LogP contribution in [-0.4, -0.2) is 13.0 Å². The monoisotopic (exact) mass is 259 g/mol. The van der Waals surface area contributed by atoms with Crippen molar-refractivity contribution < 1.29 is 9.18 Å². The Hall–Kier alpha value is -2.56. The normalized spacial score (nSPS) is 10.0. The van der Waals surface area contributed by atoms with Crippen molar-refractivity contribution in [2.45, 2.75) is 0 Å². The Kier molecular flexibility index (Phi) is 3.66. The van der Waals surface area contributed by atoms with E-state index in [2.05, 4.69) is 10.6 Å². The molecule has 2 aromatic rings. The van der Waals surface area contributed by atoms with E-state index in [-0.39, 0.29) is 11.7 Å². The van der Waals surface area contributed by atoms with Crippen LogP contribution in [0.5, 0.6) is 0 Å². The molecule has 0 saturated heterocycles. The molecular weight excluding hydrogens is 245 g/mol. The number of hydrogen-bond acceptors (Lipinski definition) is 3. The third kappa shape index (κ3) is 3.01. The fourth-order valence-corrected chi connectivity index (χ4v) is 1.64. The lowest BCUT2D eigenvalue weighted by molar-refractivity contribution is 0.0963. The lowest BCUT2D eigenvalue weighted by Gasteiger charge is -2.11. The number of hydrogen-bond donors (Lipinski definition) is 3. The number of carbonyl (C=O) groups is 1. The fraction of sp³-hybridized carbons (Fsp3) is 0.0714. The van der Waals surface area contributed by atoms with Crippen LogP contribution in [0.15, 0.2) is 42.5 Å². The van der Waals surface area contributed by atoms with Crippen molar-refractivity contribution in [1.29, 1.82) is 0 Å². The highest BCUT2D eigenvalue weighted by Crippen LogP contribution is 2.24. The molecule has 98 valence electrons. The quantitative estimate of drug-likeness (QED) is 0.742. The van der Waals surface area contributed by atoms with Crippen LogP contribution < -0.4 is 16.4 Å². The summed E-state index contributed by atoms with van der Waals surface area (Å²) in [5.41, 5.74) is 8.15. The molecule has 4 nitrogen and oxygen atoms in total. The number of nitrogens with one attached hydrogen (secondary N) is 2. The van der Waals surface area contributed by atoms with Crippen molar-refractivity contribution in [3.63, 3.8) is 0 Å². The van der Waals surface area contributed by atoms with Crippen molar-refractivity contribution in [3.8, 4) is 0 Å². The highest BCUT2D eigenvalue weighted by atomic mass is 19.1. The minimum Gasteiger partial charge on any atom is -0.397 e. The van der Waals surface area contributed by atoms with Gasteiger partial charge in [0, 0.05) is 18.3 Å². The van der Waals surface area contributed by atoms with Crippen molar-refractivity contribution in [3.05, 3.63) is 53.8 Å². The van der Waals surface area contributed by atoms with E-state index in [4.69, 9.17) is 5.73 Å². The molecule has 0 unspecified atom stereocenters. The largest absolute Gasteiger partial charge is 0.397 e. The average molecular weight is 259 g/mol. The van der Waals surface area contributed by atoms with E-state index in [0.717, 1.165) is 0 Å². The Balaban J connectivity index is 2.28. The van der Waals surface area contributed by atoms with Gasteiger partial charge in [0.25, 0.3) is 5.91 Å². The molecular formula is C14H14FN3O. The molecule has 0 aromatic heterocycles. The average Bonchev–Trinajstić information content (AvgIpc) is 2.43. The standard InChI is InChI=1S/C14H14FN3O/c1-17-14(19)9-2-7-12(16)13(8-9)18-11-5-3-10(15)4-6-11/h2-8,18H,16H2,1H3,(H,17,19). The van der Waals surface area contributed by atoms with E-state index >= 15 is 0 Å². The topological polar surface area (TPSA) is 67.2 Å². The van der Waals surface area contributed by atoms with Crippen molar-refractivity contribution in [2.24, 2.45) is 0 Å². The first-order valence-electron chi connectivity index (χ1n) is 5.74. The number of rotatable bonds is 3. The summed E-state index contributed by atoms with van der Waals surface area (Å²) in [4.78, 5) is 11.5. The predicted octanol–water partition coefficient (Wildman–Crippen LogP) is 2.51. The number of benzene rings is 2. The van der Waals surface area contributed by atoms with E-state index in [1.807, 2.05) is 0 Å². The Morgan fingerprint density at radius 1 is 1.16 bits per heavy atom. The molecule has 0 radical (unpaired) electrons. The zero-order chi connectivity index (χ0) is 13.8. The smallest absolute Gasteiger partial charge is 0.251 e. The molecule has 19 heavy (non-hydrogen) atoms. The van der Waals surface area contributed by atoms with Gasteiger partial charge in [-0.3, -0.25) is 4.79 Å². The highest BCUT2D eigenvalue weighted by Gasteiger charge is 2.07. The second kappa shape index (κ2) is 5.39. The summed E-state index contributed by atoms with van der Waals surface area (Å²) in [6.45, 7) is 0. The molecule has 5 heteroatoms. The molecule has 1 amide bonds. The zero-order valence-corrected chi connectivity index (χ0v) is 10.4. The molecule has 0 spiro atoms. The summed E-state index contributed by atoms with van der Waals surface area (Å²) in [6, 6.07) is 10.8. The first-order chi connectivity index (χ1) is 9.10. The van der Waals surface area contributed by atoms with E-state index in [9.17, 15) is 9.18 Å². The van der Waals surface area contributed by atoms with E-state index in [1.165, 1.54) is 12.1 Å². The van der Waals surface area contributed by atoms with Crippen molar-refractivity contribution >= 4 is 23.0 Å². The van der Waals surface area contributed by atoms with Gasteiger partial charge < -0.3 is 16.4 Å². The van der Waals surface area contributed by atoms with Crippen LogP contribution in [-0.2, 0) is 0 Å². The van der Waals surface area contributed by atoms with Crippen LogP contribution in [0.4, 0.5) is 21.5 Å². The molecule has 0 heterocycles. The van der Waals surface area contributed by atoms with Gasteiger partial charge in [0.1, 0.15) is 5.82 Å². The van der Waals surface area contributed by atoms with Gasteiger partial charge in [-0.1, -0.05) is 0 Å². The van der Waals surface area contributed by atoms with Gasteiger partial charge in [-0.15, -0.1) is 0 Å². The molecule has 0 saturated carbocycles. The van der Waals surface area contributed by atoms with Crippen molar-refractivity contribution in [1.82, 2.24) is 5.32 Å². The maximum absolute atomic E-state index is 12.8. The minimum absolute atomic E-state index is 0.192. The van der Waals surface area contributed by atoms with Crippen molar-refractivity contribution in [2.75, 3.05) is 18.1 Å². The van der Waals surface area contributed by atoms with Gasteiger partial charge >= 0.3 is 0 Å². The molecule has 0 aliphatic heterocycles. The third-order valence-electron chi connectivity index (χ3n) is 2.67. The number of nitrogen functional groups attached to an aromatic ring is 1. The van der Waals surface area contributed by atoms with Gasteiger partial charge in [0.2, 0.25) is 0 Å². The molecule has 0 bridgehead atoms. The Bertz CT molecular complexity index is 596. The van der Waals surface area contributed by atoms with Crippen LogP contribution in [0.2, 0.25) is 0 Å². The summed E-state index contributed by atoms with van der Waals surface area (Å²) < 4.78 is 12.8. The van der Waals surface area contributed by atoms with Crippen LogP contribution in [0, 0.1) is 5.82 Å². The Morgan fingerprint density at radius 3 is 2.47 bits per heavy atom. The summed E-state index contributed by atoms with van der Waals surface area (Å²) in [5.74, 6) is -0.500. The minimum atomic E-state index is -0.308. The second-order valence-corrected chi connectivity index (χ2v) is 4.01. The summed E-state index contributed by atoms with van der Waals surface area (Å²) in [7, 11) is 1.56.